The molecule has 5 nitrogen and oxygen atoms in total. The number of aliphatic hydroxyl groups excluding tert-OH is 2. The molecule has 1 rings (SSSR count). The lowest BCUT2D eigenvalue weighted by molar-refractivity contribution is -0.387. The number of aliphatic hydroxyl groups is 2. The van der Waals surface area contributed by atoms with Crippen LogP contribution in [0.15, 0.2) is 18.2 Å². The Morgan fingerprint density at radius 2 is 2.12 bits per heavy atom. The highest BCUT2D eigenvalue weighted by Crippen LogP contribution is 2.27. The fraction of sp³-hybridized carbons (Fsp3) is 0.333. The van der Waals surface area contributed by atoms with Crippen molar-refractivity contribution in [1.82, 2.24) is 0 Å². The van der Waals surface area contributed by atoms with Gasteiger partial charge in [-0.05, 0) is 0 Å². The van der Waals surface area contributed by atoms with E-state index < -0.39 is 28.6 Å². The zero-order valence-corrected chi connectivity index (χ0v) is 8.76. The molecule has 0 aliphatic rings. The van der Waals surface area contributed by atoms with Crippen LogP contribution >= 0.6 is 11.6 Å². The van der Waals surface area contributed by atoms with Crippen LogP contribution in [0.5, 0.6) is 0 Å². The molecule has 0 aliphatic carbocycles. The number of alkyl halides is 1. The third-order valence-corrected chi connectivity index (χ3v) is 2.36. The summed E-state index contributed by atoms with van der Waals surface area (Å²) in [6.07, 6.45) is -2.96. The Bertz CT molecular complexity index is 401. The van der Waals surface area contributed by atoms with E-state index in [1.54, 1.807) is 0 Å². The van der Waals surface area contributed by atoms with Gasteiger partial charge in [0.05, 0.1) is 16.9 Å². The molecular weight excluding hydrogens is 241 g/mol. The summed E-state index contributed by atoms with van der Waals surface area (Å²) in [5, 5.41) is 29.1. The summed E-state index contributed by atoms with van der Waals surface area (Å²) in [7, 11) is 0. The molecule has 2 atom stereocenters. The predicted molar refractivity (Wildman–Crippen MR) is 54.7 cm³/mol. The van der Waals surface area contributed by atoms with Crippen LogP contribution in [0.25, 0.3) is 0 Å². The monoisotopic (exact) mass is 249 g/mol. The topological polar surface area (TPSA) is 83.6 Å². The lowest BCUT2D eigenvalue weighted by atomic mass is 10.0. The van der Waals surface area contributed by atoms with Crippen LogP contribution in [0.2, 0.25) is 0 Å². The normalized spacial score (nSPS) is 14.5. The van der Waals surface area contributed by atoms with Crippen LogP contribution in [0.3, 0.4) is 0 Å². The van der Waals surface area contributed by atoms with Gasteiger partial charge in [0.1, 0.15) is 6.10 Å². The zero-order chi connectivity index (χ0) is 12.3. The molecule has 0 bridgehead atoms. The van der Waals surface area contributed by atoms with Crippen molar-refractivity contribution in [2.24, 2.45) is 0 Å². The second-order valence-corrected chi connectivity index (χ2v) is 3.41. The summed E-state index contributed by atoms with van der Waals surface area (Å²) >= 11 is 5.29. The fourth-order valence-corrected chi connectivity index (χ4v) is 1.37. The number of nitro groups is 1. The van der Waals surface area contributed by atoms with Crippen molar-refractivity contribution in [3.8, 4) is 0 Å². The van der Waals surface area contributed by atoms with Gasteiger partial charge in [-0.25, -0.2) is 0 Å². The highest BCUT2D eigenvalue weighted by Gasteiger charge is 2.25. The number of hydrogen-bond donors (Lipinski definition) is 2. The van der Waals surface area contributed by atoms with Crippen LogP contribution in [0.4, 0.5) is 10.1 Å². The Labute approximate surface area is 95.2 Å². The Kier molecular flexibility index (Phi) is 4.17. The molecular formula is C9H9ClFNO4. The third kappa shape index (κ3) is 2.46. The van der Waals surface area contributed by atoms with Crippen LogP contribution in [-0.2, 0) is 0 Å². The van der Waals surface area contributed by atoms with Crippen LogP contribution in [-0.4, -0.2) is 27.1 Å². The standard InChI is InChI=1S/C9H9ClFNO4/c10-4-7(13)9(14)5-2-1-3-6(8(5)11)12(15)16/h1-3,7,9,13-14H,4H2. The first-order valence-electron chi connectivity index (χ1n) is 4.34. The summed E-state index contributed by atoms with van der Waals surface area (Å²) in [6, 6.07) is 3.35. The second kappa shape index (κ2) is 5.20. The first-order chi connectivity index (χ1) is 7.49. The molecule has 16 heavy (non-hydrogen) atoms. The smallest absolute Gasteiger partial charge is 0.305 e. The van der Waals surface area contributed by atoms with Gasteiger partial charge in [-0.15, -0.1) is 11.6 Å². The summed E-state index contributed by atoms with van der Waals surface area (Å²) in [4.78, 5) is 9.53. The Morgan fingerprint density at radius 1 is 1.50 bits per heavy atom. The van der Waals surface area contributed by atoms with Gasteiger partial charge in [-0.2, -0.15) is 4.39 Å². The molecule has 2 unspecified atom stereocenters. The van der Waals surface area contributed by atoms with E-state index in [2.05, 4.69) is 0 Å². The summed E-state index contributed by atoms with van der Waals surface area (Å²) < 4.78 is 13.5. The van der Waals surface area contributed by atoms with Gasteiger partial charge in [0.15, 0.2) is 0 Å². The van der Waals surface area contributed by atoms with Gasteiger partial charge in [-0.1, -0.05) is 12.1 Å². The molecule has 0 aromatic heterocycles. The third-order valence-electron chi connectivity index (χ3n) is 2.05. The average Bonchev–Trinajstić information content (AvgIpc) is 2.27. The van der Waals surface area contributed by atoms with Crippen molar-refractivity contribution >= 4 is 17.3 Å². The molecule has 0 spiro atoms. The minimum absolute atomic E-state index is 0.302. The maximum atomic E-state index is 13.5. The average molecular weight is 250 g/mol. The molecule has 0 aliphatic heterocycles. The van der Waals surface area contributed by atoms with Gasteiger partial charge in [0, 0.05) is 11.6 Å². The SMILES string of the molecule is O=[N+]([O-])c1cccc(C(O)C(O)CCl)c1F. The highest BCUT2D eigenvalue weighted by molar-refractivity contribution is 6.18. The van der Waals surface area contributed by atoms with E-state index in [-0.39, 0.29) is 11.4 Å². The predicted octanol–water partition coefficient (Wildman–Crippen LogP) is 1.37. The minimum atomic E-state index is -1.59. The highest BCUT2D eigenvalue weighted by atomic mass is 35.5. The van der Waals surface area contributed by atoms with Gasteiger partial charge >= 0.3 is 5.69 Å². The number of nitrogens with zero attached hydrogens (tertiary/aromatic N) is 1. The molecule has 0 radical (unpaired) electrons. The Balaban J connectivity index is 3.15. The molecule has 0 fully saturated rings. The zero-order valence-electron chi connectivity index (χ0n) is 8.01. The molecule has 0 saturated carbocycles. The molecule has 0 saturated heterocycles. The van der Waals surface area contributed by atoms with Crippen molar-refractivity contribution in [2.75, 3.05) is 5.88 Å². The molecule has 88 valence electrons. The van der Waals surface area contributed by atoms with E-state index in [9.17, 15) is 24.7 Å². The molecule has 2 N–H and O–H groups in total. The molecule has 0 heterocycles. The molecule has 1 aromatic rings. The number of hydrogen-bond acceptors (Lipinski definition) is 4. The first kappa shape index (κ1) is 12.8. The Hall–Kier alpha value is -1.24. The number of rotatable bonds is 4. The maximum Gasteiger partial charge on any atom is 0.305 e. The number of nitro benzene ring substituents is 1. The van der Waals surface area contributed by atoms with Crippen molar-refractivity contribution in [3.63, 3.8) is 0 Å². The molecule has 7 heteroatoms. The largest absolute Gasteiger partial charge is 0.389 e. The van der Waals surface area contributed by atoms with Crippen LogP contribution in [0.1, 0.15) is 11.7 Å². The van der Waals surface area contributed by atoms with Crippen molar-refractivity contribution in [2.45, 2.75) is 12.2 Å². The van der Waals surface area contributed by atoms with Crippen molar-refractivity contribution in [3.05, 3.63) is 39.7 Å². The van der Waals surface area contributed by atoms with E-state index in [1.165, 1.54) is 6.07 Å². The van der Waals surface area contributed by atoms with Crippen LogP contribution in [0, 0.1) is 15.9 Å². The summed E-state index contributed by atoms with van der Waals surface area (Å²) in [6.45, 7) is 0. The second-order valence-electron chi connectivity index (χ2n) is 3.10. The van der Waals surface area contributed by atoms with Gasteiger partial charge in [-0.3, -0.25) is 10.1 Å². The first-order valence-corrected chi connectivity index (χ1v) is 4.87. The van der Waals surface area contributed by atoms with Crippen molar-refractivity contribution < 1.29 is 19.5 Å². The van der Waals surface area contributed by atoms with Gasteiger partial charge in [0.25, 0.3) is 0 Å². The van der Waals surface area contributed by atoms with E-state index in [0.717, 1.165) is 12.1 Å². The van der Waals surface area contributed by atoms with E-state index >= 15 is 0 Å². The quantitative estimate of drug-likeness (QED) is 0.480. The van der Waals surface area contributed by atoms with Crippen molar-refractivity contribution in [1.29, 1.82) is 0 Å². The van der Waals surface area contributed by atoms with Crippen LogP contribution < -0.4 is 0 Å². The lowest BCUT2D eigenvalue weighted by Crippen LogP contribution is -2.21. The number of halogens is 2. The minimum Gasteiger partial charge on any atom is -0.389 e. The summed E-state index contributed by atoms with van der Waals surface area (Å²) in [5.74, 6) is -1.47. The van der Waals surface area contributed by atoms with Gasteiger partial charge < -0.3 is 10.2 Å². The summed E-state index contributed by atoms with van der Waals surface area (Å²) in [5.41, 5.74) is -1.10. The van der Waals surface area contributed by atoms with E-state index in [4.69, 9.17) is 11.6 Å². The van der Waals surface area contributed by atoms with E-state index in [0.29, 0.717) is 0 Å². The van der Waals surface area contributed by atoms with E-state index in [1.807, 2.05) is 0 Å². The molecule has 1 aromatic carbocycles. The lowest BCUT2D eigenvalue weighted by Gasteiger charge is -2.15. The fourth-order valence-electron chi connectivity index (χ4n) is 1.20. The van der Waals surface area contributed by atoms with Gasteiger partial charge in [0.2, 0.25) is 5.82 Å². The molecule has 0 amide bonds. The maximum absolute atomic E-state index is 13.5. The Morgan fingerprint density at radius 3 is 2.62 bits per heavy atom. The number of benzene rings is 1.